The van der Waals surface area contributed by atoms with Crippen molar-refractivity contribution in [2.75, 3.05) is 18.0 Å². The predicted molar refractivity (Wildman–Crippen MR) is 79.1 cm³/mol. The standard InChI is InChI=1S/C16H26N2/c1-2-18(15-9-4-3-5-10-15)16-11-7-6-8-14(16)12-13-17/h6-8,11,15H,2-5,9-10,12-13,17H2,1H3. The van der Waals surface area contributed by atoms with Gasteiger partial charge >= 0.3 is 0 Å². The molecule has 2 heteroatoms. The Labute approximate surface area is 111 Å². The van der Waals surface area contributed by atoms with Crippen LogP contribution < -0.4 is 10.6 Å². The number of benzene rings is 1. The van der Waals surface area contributed by atoms with Crippen LogP contribution in [0.5, 0.6) is 0 Å². The Balaban J connectivity index is 2.20. The van der Waals surface area contributed by atoms with Crippen LogP contribution in [0, 0.1) is 0 Å². The summed E-state index contributed by atoms with van der Waals surface area (Å²) in [6.07, 6.45) is 7.88. The molecule has 0 saturated heterocycles. The Morgan fingerprint density at radius 1 is 1.17 bits per heavy atom. The molecule has 0 aliphatic heterocycles. The van der Waals surface area contributed by atoms with Crippen molar-refractivity contribution in [3.63, 3.8) is 0 Å². The van der Waals surface area contributed by atoms with E-state index in [2.05, 4.69) is 36.1 Å². The molecule has 0 heterocycles. The largest absolute Gasteiger partial charge is 0.369 e. The van der Waals surface area contributed by atoms with Crippen molar-refractivity contribution in [3.8, 4) is 0 Å². The van der Waals surface area contributed by atoms with E-state index in [-0.39, 0.29) is 0 Å². The van der Waals surface area contributed by atoms with Crippen molar-refractivity contribution in [2.45, 2.75) is 51.5 Å². The minimum absolute atomic E-state index is 0.735. The number of rotatable bonds is 5. The van der Waals surface area contributed by atoms with Gasteiger partial charge in [0.05, 0.1) is 0 Å². The molecule has 1 fully saturated rings. The fourth-order valence-electron chi connectivity index (χ4n) is 3.18. The molecule has 2 N–H and O–H groups in total. The van der Waals surface area contributed by atoms with Crippen molar-refractivity contribution in [3.05, 3.63) is 29.8 Å². The van der Waals surface area contributed by atoms with Gasteiger partial charge in [-0.2, -0.15) is 0 Å². The minimum Gasteiger partial charge on any atom is -0.369 e. The Morgan fingerprint density at radius 3 is 2.56 bits per heavy atom. The first-order valence-corrected chi connectivity index (χ1v) is 7.41. The lowest BCUT2D eigenvalue weighted by Gasteiger charge is -2.36. The van der Waals surface area contributed by atoms with E-state index in [1.807, 2.05) is 0 Å². The highest BCUT2D eigenvalue weighted by molar-refractivity contribution is 5.54. The number of nitrogens with two attached hydrogens (primary N) is 1. The minimum atomic E-state index is 0.735. The smallest absolute Gasteiger partial charge is 0.0401 e. The van der Waals surface area contributed by atoms with Crippen LogP contribution >= 0.6 is 0 Å². The Bertz CT molecular complexity index is 356. The van der Waals surface area contributed by atoms with Crippen molar-refractivity contribution in [1.82, 2.24) is 0 Å². The van der Waals surface area contributed by atoms with Crippen LogP contribution in [0.3, 0.4) is 0 Å². The summed E-state index contributed by atoms with van der Waals surface area (Å²) in [5.41, 5.74) is 8.55. The van der Waals surface area contributed by atoms with Crippen molar-refractivity contribution < 1.29 is 0 Å². The predicted octanol–water partition coefficient (Wildman–Crippen LogP) is 3.35. The third kappa shape index (κ3) is 3.05. The van der Waals surface area contributed by atoms with E-state index in [9.17, 15) is 0 Å². The quantitative estimate of drug-likeness (QED) is 0.863. The lowest BCUT2D eigenvalue weighted by atomic mass is 9.93. The molecule has 0 atom stereocenters. The average molecular weight is 246 g/mol. The van der Waals surface area contributed by atoms with Crippen LogP contribution in [-0.4, -0.2) is 19.1 Å². The number of para-hydroxylation sites is 1. The van der Waals surface area contributed by atoms with E-state index in [4.69, 9.17) is 5.73 Å². The zero-order chi connectivity index (χ0) is 12.8. The molecule has 1 saturated carbocycles. The van der Waals surface area contributed by atoms with E-state index in [0.29, 0.717) is 0 Å². The summed E-state index contributed by atoms with van der Waals surface area (Å²) < 4.78 is 0. The van der Waals surface area contributed by atoms with Crippen molar-refractivity contribution in [2.24, 2.45) is 5.73 Å². The molecule has 0 bridgehead atoms. The summed E-state index contributed by atoms with van der Waals surface area (Å²) in [5, 5.41) is 0. The van der Waals surface area contributed by atoms with Crippen LogP contribution in [0.15, 0.2) is 24.3 Å². The Kier molecular flexibility index (Phi) is 5.06. The summed E-state index contributed by atoms with van der Waals surface area (Å²) >= 11 is 0. The van der Waals surface area contributed by atoms with E-state index in [1.54, 1.807) is 0 Å². The number of anilines is 1. The molecule has 1 aliphatic rings. The summed E-state index contributed by atoms with van der Waals surface area (Å²) in [6.45, 7) is 4.11. The summed E-state index contributed by atoms with van der Waals surface area (Å²) in [6, 6.07) is 9.52. The number of hydrogen-bond donors (Lipinski definition) is 1. The molecular formula is C16H26N2. The van der Waals surface area contributed by atoms with Gasteiger partial charge in [0, 0.05) is 18.3 Å². The van der Waals surface area contributed by atoms with Crippen LogP contribution in [-0.2, 0) is 6.42 Å². The average Bonchev–Trinajstić information content (AvgIpc) is 2.43. The second-order valence-corrected chi connectivity index (χ2v) is 5.25. The SMILES string of the molecule is CCN(c1ccccc1CCN)C1CCCCC1. The van der Waals surface area contributed by atoms with E-state index < -0.39 is 0 Å². The molecule has 1 aliphatic carbocycles. The summed E-state index contributed by atoms with van der Waals surface area (Å²) in [5.74, 6) is 0. The molecule has 0 amide bonds. The summed E-state index contributed by atoms with van der Waals surface area (Å²) in [4.78, 5) is 2.60. The third-order valence-electron chi connectivity index (χ3n) is 4.07. The van der Waals surface area contributed by atoms with E-state index in [1.165, 1.54) is 43.4 Å². The van der Waals surface area contributed by atoms with Gasteiger partial charge in [-0.3, -0.25) is 0 Å². The zero-order valence-corrected chi connectivity index (χ0v) is 11.6. The molecule has 0 unspecified atom stereocenters. The fraction of sp³-hybridized carbons (Fsp3) is 0.625. The van der Waals surface area contributed by atoms with Gasteiger partial charge in [0.1, 0.15) is 0 Å². The van der Waals surface area contributed by atoms with Gasteiger partial charge in [0.2, 0.25) is 0 Å². The zero-order valence-electron chi connectivity index (χ0n) is 11.6. The molecular weight excluding hydrogens is 220 g/mol. The highest BCUT2D eigenvalue weighted by atomic mass is 15.2. The van der Waals surface area contributed by atoms with E-state index >= 15 is 0 Å². The first kappa shape index (κ1) is 13.4. The maximum atomic E-state index is 5.73. The van der Waals surface area contributed by atoms with Gasteiger partial charge in [-0.25, -0.2) is 0 Å². The topological polar surface area (TPSA) is 29.3 Å². The molecule has 1 aromatic rings. The van der Waals surface area contributed by atoms with Gasteiger partial charge in [0.25, 0.3) is 0 Å². The molecule has 18 heavy (non-hydrogen) atoms. The molecule has 0 radical (unpaired) electrons. The summed E-state index contributed by atoms with van der Waals surface area (Å²) in [7, 11) is 0. The van der Waals surface area contributed by atoms with Gasteiger partial charge in [-0.15, -0.1) is 0 Å². The van der Waals surface area contributed by atoms with Gasteiger partial charge in [-0.05, 0) is 44.4 Å². The van der Waals surface area contributed by atoms with Crippen LogP contribution in [0.2, 0.25) is 0 Å². The second-order valence-electron chi connectivity index (χ2n) is 5.25. The highest BCUT2D eigenvalue weighted by Gasteiger charge is 2.21. The van der Waals surface area contributed by atoms with Crippen LogP contribution in [0.4, 0.5) is 5.69 Å². The lowest BCUT2D eigenvalue weighted by Crippen LogP contribution is -2.37. The highest BCUT2D eigenvalue weighted by Crippen LogP contribution is 2.29. The first-order valence-electron chi connectivity index (χ1n) is 7.41. The molecule has 2 rings (SSSR count). The van der Waals surface area contributed by atoms with Crippen molar-refractivity contribution in [1.29, 1.82) is 0 Å². The number of nitrogens with zero attached hydrogens (tertiary/aromatic N) is 1. The maximum absolute atomic E-state index is 5.73. The van der Waals surface area contributed by atoms with Crippen LogP contribution in [0.1, 0.15) is 44.6 Å². The normalized spacial score (nSPS) is 16.8. The number of hydrogen-bond acceptors (Lipinski definition) is 2. The van der Waals surface area contributed by atoms with Crippen LogP contribution in [0.25, 0.3) is 0 Å². The molecule has 0 aromatic heterocycles. The van der Waals surface area contributed by atoms with Gasteiger partial charge in [-0.1, -0.05) is 37.5 Å². The lowest BCUT2D eigenvalue weighted by molar-refractivity contribution is 0.417. The first-order chi connectivity index (χ1) is 8.86. The molecule has 1 aromatic carbocycles. The van der Waals surface area contributed by atoms with Gasteiger partial charge < -0.3 is 10.6 Å². The maximum Gasteiger partial charge on any atom is 0.0401 e. The third-order valence-corrected chi connectivity index (χ3v) is 4.07. The fourth-order valence-corrected chi connectivity index (χ4v) is 3.18. The second kappa shape index (κ2) is 6.79. The van der Waals surface area contributed by atoms with Gasteiger partial charge in [0.15, 0.2) is 0 Å². The molecule has 0 spiro atoms. The molecule has 2 nitrogen and oxygen atoms in total. The Hall–Kier alpha value is -1.02. The van der Waals surface area contributed by atoms with E-state index in [0.717, 1.165) is 25.6 Å². The van der Waals surface area contributed by atoms with Crippen molar-refractivity contribution >= 4 is 5.69 Å². The Morgan fingerprint density at radius 2 is 1.89 bits per heavy atom. The monoisotopic (exact) mass is 246 g/mol. The molecule has 100 valence electrons.